The molecule has 0 saturated heterocycles. The lowest BCUT2D eigenvalue weighted by atomic mass is 9.99. The maximum atomic E-state index is 11.2. The quantitative estimate of drug-likeness (QED) is 0.812. The van der Waals surface area contributed by atoms with Gasteiger partial charge in [0.2, 0.25) is 0 Å². The van der Waals surface area contributed by atoms with E-state index < -0.39 is 9.84 Å². The molecule has 0 fully saturated rings. The van der Waals surface area contributed by atoms with Crippen LogP contribution in [0.25, 0.3) is 0 Å². The van der Waals surface area contributed by atoms with Gasteiger partial charge < -0.3 is 5.32 Å². The van der Waals surface area contributed by atoms with Gasteiger partial charge in [0.25, 0.3) is 0 Å². The highest BCUT2D eigenvalue weighted by molar-refractivity contribution is 7.89. The van der Waals surface area contributed by atoms with Gasteiger partial charge in [0.15, 0.2) is 9.84 Å². The van der Waals surface area contributed by atoms with Crippen LogP contribution in [0.3, 0.4) is 0 Å². The molecule has 4 heteroatoms. The average Bonchev–Trinajstić information content (AvgIpc) is 2.15. The Balaban J connectivity index is 2.28. The first-order valence-electron chi connectivity index (χ1n) is 5.04. The van der Waals surface area contributed by atoms with Gasteiger partial charge in [-0.2, -0.15) is 0 Å². The van der Waals surface area contributed by atoms with Crippen molar-refractivity contribution in [3.05, 3.63) is 34.9 Å². The third-order valence-corrected chi connectivity index (χ3v) is 3.44. The maximum Gasteiger partial charge on any atom is 0.151 e. The summed E-state index contributed by atoms with van der Waals surface area (Å²) in [6.45, 7) is 1.88. The van der Waals surface area contributed by atoms with E-state index in [1.54, 1.807) is 0 Å². The van der Waals surface area contributed by atoms with Gasteiger partial charge in [0, 0.05) is 12.8 Å². The van der Waals surface area contributed by atoms with Crippen molar-refractivity contribution in [3.8, 4) is 0 Å². The van der Waals surface area contributed by atoms with Crippen LogP contribution in [0.15, 0.2) is 18.2 Å². The minimum atomic E-state index is -2.92. The summed E-state index contributed by atoms with van der Waals surface area (Å²) in [7, 11) is -2.92. The van der Waals surface area contributed by atoms with Crippen LogP contribution < -0.4 is 5.32 Å². The van der Waals surface area contributed by atoms with Crippen LogP contribution in [0.5, 0.6) is 0 Å². The van der Waals surface area contributed by atoms with Crippen LogP contribution in [-0.2, 0) is 28.6 Å². The Labute approximate surface area is 90.4 Å². The van der Waals surface area contributed by atoms with Crippen LogP contribution >= 0.6 is 0 Å². The molecule has 2 rings (SSSR count). The predicted octanol–water partition coefficient (Wildman–Crippen LogP) is 0.877. The Morgan fingerprint density at radius 1 is 1.33 bits per heavy atom. The molecule has 1 heterocycles. The van der Waals surface area contributed by atoms with Crippen molar-refractivity contribution in [2.45, 2.75) is 18.7 Å². The fourth-order valence-electron chi connectivity index (χ4n) is 1.92. The molecule has 1 aromatic carbocycles. The number of sulfone groups is 1. The molecule has 0 bridgehead atoms. The molecule has 0 spiro atoms. The smallest absolute Gasteiger partial charge is 0.151 e. The molecular formula is C11H15NO2S. The highest BCUT2D eigenvalue weighted by atomic mass is 32.2. The summed E-state index contributed by atoms with van der Waals surface area (Å²) in [5.41, 5.74) is 3.48. The maximum absolute atomic E-state index is 11.2. The predicted molar refractivity (Wildman–Crippen MR) is 60.4 cm³/mol. The number of benzene rings is 1. The van der Waals surface area contributed by atoms with Crippen molar-refractivity contribution in [2.75, 3.05) is 12.8 Å². The van der Waals surface area contributed by atoms with E-state index in [1.165, 1.54) is 17.4 Å². The van der Waals surface area contributed by atoms with E-state index >= 15 is 0 Å². The Kier molecular flexibility index (Phi) is 2.80. The van der Waals surface area contributed by atoms with Gasteiger partial charge in [-0.05, 0) is 29.7 Å². The SMILES string of the molecule is CS(=O)(=O)Cc1ccc2c(c1)CCNC2. The fourth-order valence-corrected chi connectivity index (χ4v) is 2.71. The first-order valence-corrected chi connectivity index (χ1v) is 7.10. The zero-order valence-corrected chi connectivity index (χ0v) is 9.60. The summed E-state index contributed by atoms with van der Waals surface area (Å²) < 4.78 is 22.3. The largest absolute Gasteiger partial charge is 0.312 e. The number of rotatable bonds is 2. The van der Waals surface area contributed by atoms with Crippen molar-refractivity contribution in [1.29, 1.82) is 0 Å². The second-order valence-electron chi connectivity index (χ2n) is 4.10. The van der Waals surface area contributed by atoms with Crippen molar-refractivity contribution < 1.29 is 8.42 Å². The summed E-state index contributed by atoms with van der Waals surface area (Å²) in [6.07, 6.45) is 2.26. The van der Waals surface area contributed by atoms with Crippen molar-refractivity contribution >= 4 is 9.84 Å². The van der Waals surface area contributed by atoms with Gasteiger partial charge in [-0.1, -0.05) is 18.2 Å². The molecular weight excluding hydrogens is 210 g/mol. The first-order chi connectivity index (χ1) is 7.04. The number of nitrogens with one attached hydrogen (secondary N) is 1. The first kappa shape index (κ1) is 10.6. The summed E-state index contributed by atoms with van der Waals surface area (Å²) in [4.78, 5) is 0. The van der Waals surface area contributed by atoms with Gasteiger partial charge in [-0.25, -0.2) is 8.42 Å². The second-order valence-corrected chi connectivity index (χ2v) is 6.24. The van der Waals surface area contributed by atoms with Crippen LogP contribution in [0.1, 0.15) is 16.7 Å². The normalized spacial score (nSPS) is 16.1. The molecule has 0 radical (unpaired) electrons. The van der Waals surface area contributed by atoms with Crippen LogP contribution in [0.2, 0.25) is 0 Å². The summed E-state index contributed by atoms with van der Waals surface area (Å²) in [6, 6.07) is 5.96. The van der Waals surface area contributed by atoms with E-state index in [-0.39, 0.29) is 5.75 Å². The highest BCUT2D eigenvalue weighted by Gasteiger charge is 2.10. The lowest BCUT2D eigenvalue weighted by molar-refractivity contribution is 0.601. The van der Waals surface area contributed by atoms with Crippen LogP contribution in [0.4, 0.5) is 0 Å². The molecule has 82 valence electrons. The standard InChI is InChI=1S/C11H15NO2S/c1-15(13,14)8-9-2-3-11-7-12-5-4-10(11)6-9/h2-3,6,12H,4-5,7-8H2,1H3. The third kappa shape index (κ3) is 2.79. The zero-order valence-electron chi connectivity index (χ0n) is 8.79. The van der Waals surface area contributed by atoms with E-state index in [4.69, 9.17) is 0 Å². The molecule has 0 amide bonds. The van der Waals surface area contributed by atoms with E-state index in [1.807, 2.05) is 18.2 Å². The topological polar surface area (TPSA) is 46.2 Å². The zero-order chi connectivity index (χ0) is 10.9. The minimum absolute atomic E-state index is 0.147. The molecule has 0 unspecified atom stereocenters. The molecule has 0 aromatic heterocycles. The van der Waals surface area contributed by atoms with Gasteiger partial charge in [-0.3, -0.25) is 0 Å². The van der Waals surface area contributed by atoms with E-state index in [0.29, 0.717) is 0 Å². The molecule has 0 aliphatic carbocycles. The lowest BCUT2D eigenvalue weighted by Gasteiger charge is -2.17. The molecule has 3 nitrogen and oxygen atoms in total. The lowest BCUT2D eigenvalue weighted by Crippen LogP contribution is -2.23. The van der Waals surface area contributed by atoms with Crippen LogP contribution in [-0.4, -0.2) is 21.2 Å². The molecule has 0 atom stereocenters. The monoisotopic (exact) mass is 225 g/mol. The van der Waals surface area contributed by atoms with Crippen LogP contribution in [0, 0.1) is 0 Å². The Morgan fingerprint density at radius 3 is 2.87 bits per heavy atom. The summed E-state index contributed by atoms with van der Waals surface area (Å²) in [5.74, 6) is 0.147. The number of hydrogen-bond acceptors (Lipinski definition) is 3. The van der Waals surface area contributed by atoms with Gasteiger partial charge in [0.1, 0.15) is 0 Å². The molecule has 1 N–H and O–H groups in total. The van der Waals surface area contributed by atoms with Gasteiger partial charge in [-0.15, -0.1) is 0 Å². The molecule has 15 heavy (non-hydrogen) atoms. The van der Waals surface area contributed by atoms with E-state index in [9.17, 15) is 8.42 Å². The minimum Gasteiger partial charge on any atom is -0.312 e. The third-order valence-electron chi connectivity index (χ3n) is 2.59. The fraction of sp³-hybridized carbons (Fsp3) is 0.455. The number of hydrogen-bond donors (Lipinski definition) is 1. The summed E-state index contributed by atoms with van der Waals surface area (Å²) >= 11 is 0. The number of fused-ring (bicyclic) bond motifs is 1. The average molecular weight is 225 g/mol. The molecule has 1 aliphatic rings. The van der Waals surface area contributed by atoms with Crippen molar-refractivity contribution in [3.63, 3.8) is 0 Å². The van der Waals surface area contributed by atoms with Gasteiger partial charge in [0.05, 0.1) is 5.75 Å². The molecule has 1 aromatic rings. The van der Waals surface area contributed by atoms with E-state index in [0.717, 1.165) is 25.1 Å². The van der Waals surface area contributed by atoms with Gasteiger partial charge >= 0.3 is 0 Å². The van der Waals surface area contributed by atoms with E-state index in [2.05, 4.69) is 5.32 Å². The molecule has 0 saturated carbocycles. The Bertz CT molecular complexity index is 465. The molecule has 1 aliphatic heterocycles. The van der Waals surface area contributed by atoms with Crippen molar-refractivity contribution in [2.24, 2.45) is 0 Å². The second kappa shape index (κ2) is 3.94. The Hall–Kier alpha value is -0.870. The summed E-state index contributed by atoms with van der Waals surface area (Å²) in [5, 5.41) is 3.29. The highest BCUT2D eigenvalue weighted by Crippen LogP contribution is 2.17. The van der Waals surface area contributed by atoms with Crippen molar-refractivity contribution in [1.82, 2.24) is 5.32 Å². The Morgan fingerprint density at radius 2 is 2.13 bits per heavy atom.